The van der Waals surface area contributed by atoms with Crippen molar-refractivity contribution < 1.29 is 46.6 Å². The summed E-state index contributed by atoms with van der Waals surface area (Å²) in [5.74, 6) is 0. The van der Waals surface area contributed by atoms with Crippen LogP contribution in [0.3, 0.4) is 0 Å². The quantitative estimate of drug-likeness (QED) is 0.588. The molecule has 14 heteroatoms. The minimum Gasteiger partial charge on any atom is -0.167 e. The summed E-state index contributed by atoms with van der Waals surface area (Å²) >= 11 is 0. The van der Waals surface area contributed by atoms with E-state index in [1.54, 1.807) is 0 Å². The number of halogens is 6. The summed E-state index contributed by atoms with van der Waals surface area (Å²) in [6, 6.07) is 0. The SMILES string of the molecule is C[Si](C)(C)[NH+](S(=O)(=O)C(F)(F)F)S(=O)(=O)C(F)(F)F. The summed E-state index contributed by atoms with van der Waals surface area (Å²) in [5.41, 5.74) is -12.2. The number of nitrogens with one attached hydrogen (secondary N) is 1. The minimum atomic E-state index is -6.57. The van der Waals surface area contributed by atoms with Crippen LogP contribution in [-0.4, -0.2) is 36.1 Å². The van der Waals surface area contributed by atoms with E-state index in [1.165, 1.54) is 0 Å². The van der Waals surface area contributed by atoms with E-state index in [4.69, 9.17) is 0 Å². The Kier molecular flexibility index (Phi) is 4.51. The molecule has 0 saturated heterocycles. The summed E-state index contributed by atoms with van der Waals surface area (Å²) in [6.45, 7) is 2.28. The topological polar surface area (TPSA) is 72.7 Å². The number of quaternary nitrogens is 1. The van der Waals surface area contributed by atoms with Crippen molar-refractivity contribution in [3.05, 3.63) is 0 Å². The molecule has 0 aliphatic rings. The number of sulfonamides is 2. The lowest BCUT2D eigenvalue weighted by atomic mass is 11.6. The second kappa shape index (κ2) is 4.59. The molecule has 0 aromatic rings. The maximum Gasteiger partial charge on any atom is 0.548 e. The lowest BCUT2D eigenvalue weighted by Gasteiger charge is -2.28. The summed E-state index contributed by atoms with van der Waals surface area (Å²) in [6.07, 6.45) is 0. The lowest BCUT2D eigenvalue weighted by Crippen LogP contribution is -3.26. The maximum absolute atomic E-state index is 12.3. The van der Waals surface area contributed by atoms with Gasteiger partial charge in [-0.25, -0.2) is 0 Å². The Hall–Kier alpha value is -0.343. The van der Waals surface area contributed by atoms with Gasteiger partial charge in [-0.05, 0) is 19.6 Å². The third-order valence-corrected chi connectivity index (χ3v) is 11.7. The molecule has 19 heavy (non-hydrogen) atoms. The molecule has 0 aliphatic heterocycles. The van der Waals surface area contributed by atoms with Crippen LogP contribution in [0.4, 0.5) is 26.3 Å². The summed E-state index contributed by atoms with van der Waals surface area (Å²) in [7, 11) is -17.1. The molecule has 116 valence electrons. The van der Waals surface area contributed by atoms with Crippen molar-refractivity contribution in [3.8, 4) is 0 Å². The molecule has 0 unspecified atom stereocenters. The van der Waals surface area contributed by atoms with E-state index in [0.717, 1.165) is 19.6 Å². The average molecular weight is 354 g/mol. The molecule has 0 fully saturated rings. The van der Waals surface area contributed by atoms with Crippen LogP contribution in [0.2, 0.25) is 19.6 Å². The minimum absolute atomic E-state index is 0.759. The van der Waals surface area contributed by atoms with Gasteiger partial charge in [0.15, 0.2) is 0 Å². The molecule has 0 bridgehead atoms. The van der Waals surface area contributed by atoms with E-state index >= 15 is 0 Å². The van der Waals surface area contributed by atoms with Gasteiger partial charge in [-0.3, -0.25) is 0 Å². The number of hydrogen-bond donors (Lipinski definition) is 1. The van der Waals surface area contributed by atoms with E-state index in [2.05, 4.69) is 0 Å². The molecule has 0 atom stereocenters. The molecule has 0 radical (unpaired) electrons. The lowest BCUT2D eigenvalue weighted by molar-refractivity contribution is -0.502. The van der Waals surface area contributed by atoms with Crippen molar-refractivity contribution in [2.75, 3.05) is 0 Å². The number of rotatable bonds is 3. The van der Waals surface area contributed by atoms with Gasteiger partial charge in [-0.15, -0.1) is 0 Å². The van der Waals surface area contributed by atoms with Crippen molar-refractivity contribution in [1.82, 2.24) is 0 Å². The highest BCUT2D eigenvalue weighted by atomic mass is 32.3. The van der Waals surface area contributed by atoms with E-state index in [1.807, 2.05) is 0 Å². The Balaban J connectivity index is 6.41. The highest BCUT2D eigenvalue weighted by Crippen LogP contribution is 2.25. The predicted molar refractivity (Wildman–Crippen MR) is 54.3 cm³/mol. The van der Waals surface area contributed by atoms with Gasteiger partial charge in [0.25, 0.3) is 0 Å². The molecule has 0 aliphatic carbocycles. The average Bonchev–Trinajstić information content (AvgIpc) is 1.93. The van der Waals surface area contributed by atoms with Crippen LogP contribution < -0.4 is 3.38 Å². The number of alkyl halides is 6. The predicted octanol–water partition coefficient (Wildman–Crippen LogP) is 0.405. The van der Waals surface area contributed by atoms with Gasteiger partial charge in [-0.1, -0.05) is 0 Å². The zero-order chi connectivity index (χ0) is 16.1. The molecule has 0 rings (SSSR count). The molecule has 0 heterocycles. The first-order valence-electron chi connectivity index (χ1n) is 4.37. The third kappa shape index (κ3) is 3.40. The van der Waals surface area contributed by atoms with Crippen molar-refractivity contribution >= 4 is 28.3 Å². The number of hydrogen-bond acceptors (Lipinski definition) is 4. The first kappa shape index (κ1) is 18.7. The Morgan fingerprint density at radius 1 is 0.737 bits per heavy atom. The van der Waals surface area contributed by atoms with Crippen LogP contribution in [0.25, 0.3) is 0 Å². The summed E-state index contributed by atoms with van der Waals surface area (Å²) in [5, 5.41) is 0. The molecule has 5 nitrogen and oxygen atoms in total. The molecule has 0 saturated carbocycles. The molecule has 1 N–H and O–H groups in total. The first-order chi connectivity index (χ1) is 7.87. The van der Waals surface area contributed by atoms with Gasteiger partial charge in [0.2, 0.25) is 0 Å². The van der Waals surface area contributed by atoms with Gasteiger partial charge < -0.3 is 0 Å². The van der Waals surface area contributed by atoms with Crippen LogP contribution >= 0.6 is 0 Å². The summed E-state index contributed by atoms with van der Waals surface area (Å²) in [4.78, 5) is 0. The van der Waals surface area contributed by atoms with Gasteiger partial charge in [0, 0.05) is 0 Å². The second-order valence-corrected chi connectivity index (χ2v) is 14.2. The molecule has 0 aromatic carbocycles. The van der Waals surface area contributed by atoms with Crippen LogP contribution in [0.15, 0.2) is 0 Å². The van der Waals surface area contributed by atoms with E-state index in [-0.39, 0.29) is 0 Å². The highest BCUT2D eigenvalue weighted by molar-refractivity contribution is 7.99. The third-order valence-electron chi connectivity index (χ3n) is 1.71. The largest absolute Gasteiger partial charge is 0.548 e. The van der Waals surface area contributed by atoms with Crippen LogP contribution in [0, 0.1) is 0 Å². The van der Waals surface area contributed by atoms with Gasteiger partial charge in [0.05, 0.1) is 0 Å². The Labute approximate surface area is 106 Å². The van der Waals surface area contributed by atoms with Crippen LogP contribution in [0.1, 0.15) is 0 Å². The first-order valence-corrected chi connectivity index (χ1v) is 10.8. The van der Waals surface area contributed by atoms with E-state index in [9.17, 15) is 43.2 Å². The normalized spacial score (nSPS) is 15.9. The van der Waals surface area contributed by atoms with Crippen molar-refractivity contribution in [2.24, 2.45) is 0 Å². The Morgan fingerprint density at radius 2 is 0.947 bits per heavy atom. The van der Waals surface area contributed by atoms with E-state index < -0.39 is 42.7 Å². The highest BCUT2D eigenvalue weighted by Gasteiger charge is 2.68. The van der Waals surface area contributed by atoms with Crippen molar-refractivity contribution in [3.63, 3.8) is 0 Å². The van der Waals surface area contributed by atoms with Crippen LogP contribution in [-0.2, 0) is 20.0 Å². The summed E-state index contributed by atoms with van der Waals surface area (Å²) < 4.78 is 116. The second-order valence-electron chi connectivity index (χ2n) is 4.44. The zero-order valence-electron chi connectivity index (χ0n) is 9.72. The van der Waals surface area contributed by atoms with Crippen LogP contribution in [0.5, 0.6) is 0 Å². The fourth-order valence-corrected chi connectivity index (χ4v) is 10.4. The molecule has 0 spiro atoms. The maximum atomic E-state index is 12.3. The molecular weight excluding hydrogens is 344 g/mol. The van der Waals surface area contributed by atoms with E-state index in [0.29, 0.717) is 0 Å². The van der Waals surface area contributed by atoms with Gasteiger partial charge in [-0.2, -0.15) is 46.6 Å². The van der Waals surface area contributed by atoms with Crippen molar-refractivity contribution in [2.45, 2.75) is 30.7 Å². The van der Waals surface area contributed by atoms with Crippen molar-refractivity contribution in [1.29, 1.82) is 0 Å². The Bertz CT molecular complexity index is 498. The zero-order valence-corrected chi connectivity index (χ0v) is 12.4. The standard InChI is InChI=1S/C5H9F6NO4S2Si/c1-19(2,3)12(17(13,14)4(6,7)8)18(15,16)5(9,10)11/h1-3H3/p+1. The monoisotopic (exact) mass is 354 g/mol. The van der Waals surface area contributed by atoms with Gasteiger partial charge >= 0.3 is 39.3 Å². The fourth-order valence-electron chi connectivity index (χ4n) is 1.16. The molecular formula is C5H10F6NO4S2Si+. The molecule has 0 amide bonds. The smallest absolute Gasteiger partial charge is 0.167 e. The molecule has 0 aromatic heterocycles. The van der Waals surface area contributed by atoms with Gasteiger partial charge in [0.1, 0.15) is 0 Å². The Morgan fingerprint density at radius 3 is 1.05 bits per heavy atom. The fraction of sp³-hybridized carbons (Fsp3) is 1.00.